The summed E-state index contributed by atoms with van der Waals surface area (Å²) in [6.07, 6.45) is 1.48. The Kier molecular flexibility index (Phi) is 5.38. The highest BCUT2D eigenvalue weighted by atomic mass is 16.5. The maximum absolute atomic E-state index is 11.7. The van der Waals surface area contributed by atoms with Gasteiger partial charge in [0.1, 0.15) is 6.61 Å². The first-order chi connectivity index (χ1) is 9.05. The maximum Gasteiger partial charge on any atom is 0.306 e. The van der Waals surface area contributed by atoms with Gasteiger partial charge in [0.25, 0.3) is 0 Å². The van der Waals surface area contributed by atoms with E-state index in [1.165, 1.54) is 5.56 Å². The molecular weight excluding hydrogens is 248 g/mol. The van der Waals surface area contributed by atoms with E-state index in [1.54, 1.807) is 0 Å². The molecule has 0 saturated carbocycles. The zero-order chi connectivity index (χ0) is 15.4. The fourth-order valence-corrected chi connectivity index (χ4v) is 2.09. The molecule has 0 aromatic heterocycles. The lowest BCUT2D eigenvalue weighted by molar-refractivity contribution is -0.147. The van der Waals surface area contributed by atoms with E-state index in [9.17, 15) is 4.79 Å². The Hall–Kier alpha value is -1.31. The predicted octanol–water partition coefficient (Wildman–Crippen LogP) is 4.75. The van der Waals surface area contributed by atoms with Crippen molar-refractivity contribution in [2.75, 3.05) is 0 Å². The van der Waals surface area contributed by atoms with E-state index in [4.69, 9.17) is 4.74 Å². The molecule has 0 aliphatic rings. The Labute approximate surface area is 123 Å². The van der Waals surface area contributed by atoms with E-state index in [-0.39, 0.29) is 16.8 Å². The van der Waals surface area contributed by atoms with Crippen LogP contribution in [0.15, 0.2) is 24.3 Å². The molecule has 0 bridgehead atoms. The third-order valence-corrected chi connectivity index (χ3v) is 2.80. The van der Waals surface area contributed by atoms with E-state index in [0.29, 0.717) is 13.0 Å². The largest absolute Gasteiger partial charge is 0.461 e. The lowest BCUT2D eigenvalue weighted by Crippen LogP contribution is -2.15. The topological polar surface area (TPSA) is 26.3 Å². The van der Waals surface area contributed by atoms with Gasteiger partial charge in [-0.2, -0.15) is 0 Å². The minimum absolute atomic E-state index is 0.0227. The minimum atomic E-state index is -0.126. The molecule has 20 heavy (non-hydrogen) atoms. The highest BCUT2D eigenvalue weighted by Gasteiger charge is 2.17. The van der Waals surface area contributed by atoms with E-state index < -0.39 is 0 Å². The summed E-state index contributed by atoms with van der Waals surface area (Å²) in [5, 5.41) is 0. The summed E-state index contributed by atoms with van der Waals surface area (Å²) >= 11 is 0. The van der Waals surface area contributed by atoms with Gasteiger partial charge in [-0.25, -0.2) is 0 Å². The van der Waals surface area contributed by atoms with Crippen LogP contribution in [0.1, 0.15) is 59.1 Å². The normalized spacial score (nSPS) is 12.3. The van der Waals surface area contributed by atoms with Crippen molar-refractivity contribution in [2.24, 2.45) is 10.8 Å². The van der Waals surface area contributed by atoms with Crippen LogP contribution in [0.2, 0.25) is 0 Å². The van der Waals surface area contributed by atoms with Crippen molar-refractivity contribution in [3.8, 4) is 0 Å². The third kappa shape index (κ3) is 7.32. The zero-order valence-corrected chi connectivity index (χ0v) is 13.7. The molecule has 1 aromatic rings. The predicted molar refractivity (Wildman–Crippen MR) is 83.5 cm³/mol. The summed E-state index contributed by atoms with van der Waals surface area (Å²) in [6.45, 7) is 13.2. The molecule has 0 atom stereocenters. The molecule has 0 spiro atoms. The lowest BCUT2D eigenvalue weighted by Gasteiger charge is -2.19. The monoisotopic (exact) mass is 276 g/mol. The lowest BCUT2D eigenvalue weighted by atomic mass is 9.88. The minimum Gasteiger partial charge on any atom is -0.461 e. The number of benzene rings is 1. The Balaban J connectivity index is 2.57. The Morgan fingerprint density at radius 3 is 2.15 bits per heavy atom. The molecule has 2 nitrogen and oxygen atoms in total. The maximum atomic E-state index is 11.7. The van der Waals surface area contributed by atoms with E-state index in [1.807, 2.05) is 32.9 Å². The van der Waals surface area contributed by atoms with Gasteiger partial charge in [-0.1, -0.05) is 65.8 Å². The van der Waals surface area contributed by atoms with Gasteiger partial charge in [0.15, 0.2) is 0 Å². The van der Waals surface area contributed by atoms with Crippen LogP contribution in [-0.2, 0) is 22.6 Å². The molecule has 0 N–H and O–H groups in total. The average molecular weight is 276 g/mol. The summed E-state index contributed by atoms with van der Waals surface area (Å²) in [5.41, 5.74) is 2.60. The Bertz CT molecular complexity index is 447. The first-order valence-electron chi connectivity index (χ1n) is 7.29. The number of rotatable bonds is 4. The number of ether oxygens (including phenoxy) is 1. The quantitative estimate of drug-likeness (QED) is 0.741. The number of carbonyl (C=O) groups excluding carboxylic acids is 1. The van der Waals surface area contributed by atoms with Crippen molar-refractivity contribution in [1.29, 1.82) is 0 Å². The second kappa shape index (κ2) is 6.43. The molecule has 1 rings (SSSR count). The molecule has 1 aromatic carbocycles. The summed E-state index contributed by atoms with van der Waals surface area (Å²) in [7, 11) is 0. The number of carbonyl (C=O) groups is 1. The van der Waals surface area contributed by atoms with E-state index in [2.05, 4.69) is 32.9 Å². The molecule has 0 heterocycles. The van der Waals surface area contributed by atoms with Crippen LogP contribution in [0.5, 0.6) is 0 Å². The standard InChI is InChI=1S/C18H28O2/c1-17(2,3)11-14-8-7-9-15(10-14)13-20-16(19)12-18(4,5)6/h7-10H,11-13H2,1-6H3. The first-order valence-corrected chi connectivity index (χ1v) is 7.29. The van der Waals surface area contributed by atoms with Crippen molar-refractivity contribution in [3.05, 3.63) is 35.4 Å². The second-order valence-corrected chi connectivity index (χ2v) is 7.96. The third-order valence-electron chi connectivity index (χ3n) is 2.80. The molecule has 0 aliphatic heterocycles. The van der Waals surface area contributed by atoms with E-state index >= 15 is 0 Å². The Morgan fingerprint density at radius 2 is 1.60 bits per heavy atom. The fraction of sp³-hybridized carbons (Fsp3) is 0.611. The van der Waals surface area contributed by atoms with Crippen molar-refractivity contribution < 1.29 is 9.53 Å². The molecule has 0 saturated heterocycles. The van der Waals surface area contributed by atoms with Gasteiger partial charge in [0.2, 0.25) is 0 Å². The van der Waals surface area contributed by atoms with Crippen molar-refractivity contribution in [1.82, 2.24) is 0 Å². The van der Waals surface area contributed by atoms with Gasteiger partial charge in [0.05, 0.1) is 6.42 Å². The number of esters is 1. The molecule has 0 aliphatic carbocycles. The highest BCUT2D eigenvalue weighted by Crippen LogP contribution is 2.22. The number of hydrogen-bond acceptors (Lipinski definition) is 2. The average Bonchev–Trinajstić information content (AvgIpc) is 2.22. The van der Waals surface area contributed by atoms with Gasteiger partial charge in [-0.05, 0) is 28.4 Å². The smallest absolute Gasteiger partial charge is 0.306 e. The van der Waals surface area contributed by atoms with Crippen molar-refractivity contribution in [3.63, 3.8) is 0 Å². The van der Waals surface area contributed by atoms with Crippen LogP contribution in [0.25, 0.3) is 0 Å². The van der Waals surface area contributed by atoms with Crippen LogP contribution in [-0.4, -0.2) is 5.97 Å². The summed E-state index contributed by atoms with van der Waals surface area (Å²) in [4.78, 5) is 11.7. The molecule has 0 unspecified atom stereocenters. The zero-order valence-electron chi connectivity index (χ0n) is 13.7. The summed E-state index contributed by atoms with van der Waals surface area (Å²) in [5.74, 6) is -0.126. The SMILES string of the molecule is CC(C)(C)CC(=O)OCc1cccc(CC(C)(C)C)c1. The van der Waals surface area contributed by atoms with Crippen LogP contribution in [0.3, 0.4) is 0 Å². The summed E-state index contributed by atoms with van der Waals surface area (Å²) < 4.78 is 5.35. The van der Waals surface area contributed by atoms with Gasteiger partial charge in [0, 0.05) is 0 Å². The van der Waals surface area contributed by atoms with Crippen LogP contribution < -0.4 is 0 Å². The van der Waals surface area contributed by atoms with E-state index in [0.717, 1.165) is 12.0 Å². The van der Waals surface area contributed by atoms with Crippen molar-refractivity contribution in [2.45, 2.75) is 61.0 Å². The van der Waals surface area contributed by atoms with Gasteiger partial charge < -0.3 is 4.74 Å². The van der Waals surface area contributed by atoms with Crippen LogP contribution in [0.4, 0.5) is 0 Å². The summed E-state index contributed by atoms with van der Waals surface area (Å²) in [6, 6.07) is 8.31. The van der Waals surface area contributed by atoms with Gasteiger partial charge in [-0.3, -0.25) is 4.79 Å². The second-order valence-electron chi connectivity index (χ2n) is 7.96. The molecular formula is C18H28O2. The van der Waals surface area contributed by atoms with Crippen LogP contribution in [0, 0.1) is 10.8 Å². The Morgan fingerprint density at radius 1 is 1.00 bits per heavy atom. The highest BCUT2D eigenvalue weighted by molar-refractivity contribution is 5.70. The molecule has 2 heteroatoms. The number of hydrogen-bond donors (Lipinski definition) is 0. The molecule has 0 fully saturated rings. The molecule has 0 amide bonds. The van der Waals surface area contributed by atoms with Gasteiger partial charge in [-0.15, -0.1) is 0 Å². The first kappa shape index (κ1) is 16.7. The van der Waals surface area contributed by atoms with Gasteiger partial charge >= 0.3 is 5.97 Å². The van der Waals surface area contributed by atoms with Crippen molar-refractivity contribution >= 4 is 5.97 Å². The molecule has 0 radical (unpaired) electrons. The fourth-order valence-electron chi connectivity index (χ4n) is 2.09. The van der Waals surface area contributed by atoms with Crippen LogP contribution >= 0.6 is 0 Å². The molecule has 112 valence electrons.